The van der Waals surface area contributed by atoms with Gasteiger partial charge in [-0.05, 0) is 32.9 Å². The number of carbonyl (C=O) groups is 3. The van der Waals surface area contributed by atoms with E-state index in [0.29, 0.717) is 11.4 Å². The third kappa shape index (κ3) is 4.15. The monoisotopic (exact) mass is 335 g/mol. The maximum Gasteiger partial charge on any atom is 0.409 e. The van der Waals surface area contributed by atoms with Crippen molar-refractivity contribution in [2.24, 2.45) is 0 Å². The summed E-state index contributed by atoms with van der Waals surface area (Å²) in [4.78, 5) is 37.4. The van der Waals surface area contributed by atoms with Crippen molar-refractivity contribution < 1.29 is 23.9 Å². The fraction of sp³-hybridized carbons (Fsp3) is 0.438. The SMILES string of the molecule is COC(=O)CN1C(=O)C(NC(=O)OC(C)(C)C)Nc2ccccc21. The molecule has 0 aromatic heterocycles. The highest BCUT2D eigenvalue weighted by Gasteiger charge is 2.35. The van der Waals surface area contributed by atoms with Gasteiger partial charge in [-0.3, -0.25) is 19.8 Å². The minimum atomic E-state index is -1.04. The van der Waals surface area contributed by atoms with E-state index in [1.807, 2.05) is 0 Å². The Balaban J connectivity index is 2.22. The van der Waals surface area contributed by atoms with Gasteiger partial charge in [0.25, 0.3) is 5.91 Å². The summed E-state index contributed by atoms with van der Waals surface area (Å²) in [5, 5.41) is 5.40. The van der Waals surface area contributed by atoms with Gasteiger partial charge in [0.05, 0.1) is 18.5 Å². The smallest absolute Gasteiger partial charge is 0.409 e. The summed E-state index contributed by atoms with van der Waals surface area (Å²) in [6.45, 7) is 4.92. The number of amides is 2. The minimum Gasteiger partial charge on any atom is -0.468 e. The molecule has 8 nitrogen and oxygen atoms in total. The standard InChI is InChI=1S/C16H21N3O5/c1-16(2,3)24-15(22)18-13-14(21)19(9-12(20)23-4)11-8-6-5-7-10(11)17-13/h5-8,13,17H,9H2,1-4H3,(H,18,22). The summed E-state index contributed by atoms with van der Waals surface area (Å²) >= 11 is 0. The van der Waals surface area contributed by atoms with Gasteiger partial charge in [0.15, 0.2) is 6.17 Å². The van der Waals surface area contributed by atoms with Gasteiger partial charge < -0.3 is 14.8 Å². The first kappa shape index (κ1) is 17.6. The number of carbonyl (C=O) groups excluding carboxylic acids is 3. The molecule has 1 aromatic rings. The molecule has 24 heavy (non-hydrogen) atoms. The molecule has 1 aliphatic heterocycles. The van der Waals surface area contributed by atoms with Crippen LogP contribution in [0.25, 0.3) is 0 Å². The van der Waals surface area contributed by atoms with Crippen LogP contribution in [0.15, 0.2) is 24.3 Å². The number of fused-ring (bicyclic) bond motifs is 1. The number of ether oxygens (including phenoxy) is 2. The predicted octanol–water partition coefficient (Wildman–Crippen LogP) is 1.47. The van der Waals surface area contributed by atoms with Gasteiger partial charge in [-0.25, -0.2) is 4.79 Å². The van der Waals surface area contributed by atoms with Gasteiger partial charge in [-0.1, -0.05) is 12.1 Å². The lowest BCUT2D eigenvalue weighted by Crippen LogP contribution is -2.57. The third-order valence-electron chi connectivity index (χ3n) is 3.18. The second kappa shape index (κ2) is 6.77. The molecule has 0 saturated heterocycles. The van der Waals surface area contributed by atoms with Crippen LogP contribution >= 0.6 is 0 Å². The van der Waals surface area contributed by atoms with Gasteiger partial charge in [0.1, 0.15) is 12.1 Å². The fourth-order valence-electron chi connectivity index (χ4n) is 2.20. The summed E-state index contributed by atoms with van der Waals surface area (Å²) in [6.07, 6.45) is -1.77. The predicted molar refractivity (Wildman–Crippen MR) is 87.6 cm³/mol. The topological polar surface area (TPSA) is 97.0 Å². The molecule has 1 unspecified atom stereocenters. The minimum absolute atomic E-state index is 0.249. The molecule has 0 fully saturated rings. The number of rotatable bonds is 3. The molecule has 0 bridgehead atoms. The molecular formula is C16H21N3O5. The number of nitrogens with one attached hydrogen (secondary N) is 2. The van der Waals surface area contributed by atoms with Crippen LogP contribution in [0.3, 0.4) is 0 Å². The molecule has 2 amide bonds. The van der Waals surface area contributed by atoms with Crippen LogP contribution in [0.2, 0.25) is 0 Å². The second-order valence-corrected chi connectivity index (χ2v) is 6.24. The van der Waals surface area contributed by atoms with Crippen LogP contribution < -0.4 is 15.5 Å². The van der Waals surface area contributed by atoms with E-state index in [1.54, 1.807) is 45.0 Å². The highest BCUT2D eigenvalue weighted by Crippen LogP contribution is 2.30. The molecule has 0 saturated carbocycles. The van der Waals surface area contributed by atoms with Gasteiger partial charge in [-0.2, -0.15) is 0 Å². The quantitative estimate of drug-likeness (QED) is 0.812. The van der Waals surface area contributed by atoms with Crippen molar-refractivity contribution >= 4 is 29.3 Å². The van der Waals surface area contributed by atoms with Crippen LogP contribution in [0.5, 0.6) is 0 Å². The Morgan fingerprint density at radius 1 is 1.29 bits per heavy atom. The number of esters is 1. The largest absolute Gasteiger partial charge is 0.468 e. The summed E-state index contributed by atoms with van der Waals surface area (Å²) in [5.41, 5.74) is 0.461. The van der Waals surface area contributed by atoms with Crippen molar-refractivity contribution in [2.75, 3.05) is 23.9 Å². The number of methoxy groups -OCH3 is 1. The summed E-state index contributed by atoms with van der Waals surface area (Å²) in [7, 11) is 1.25. The van der Waals surface area contributed by atoms with Crippen molar-refractivity contribution in [3.05, 3.63) is 24.3 Å². The maximum atomic E-state index is 12.6. The first-order chi connectivity index (χ1) is 11.2. The van der Waals surface area contributed by atoms with E-state index in [9.17, 15) is 14.4 Å². The highest BCUT2D eigenvalue weighted by molar-refractivity contribution is 6.08. The third-order valence-corrected chi connectivity index (χ3v) is 3.18. The number of anilines is 2. The van der Waals surface area contributed by atoms with Crippen molar-refractivity contribution in [1.29, 1.82) is 0 Å². The van der Waals surface area contributed by atoms with E-state index >= 15 is 0 Å². The second-order valence-electron chi connectivity index (χ2n) is 6.24. The molecule has 130 valence electrons. The number of nitrogens with zero attached hydrogens (tertiary/aromatic N) is 1. The molecule has 0 aliphatic carbocycles. The number of benzene rings is 1. The van der Waals surface area contributed by atoms with E-state index in [0.717, 1.165) is 0 Å². The Labute approximate surface area is 140 Å². The Hall–Kier alpha value is -2.77. The molecule has 1 aliphatic rings. The zero-order valence-corrected chi connectivity index (χ0v) is 14.1. The van der Waals surface area contributed by atoms with Crippen molar-refractivity contribution in [3.63, 3.8) is 0 Å². The van der Waals surface area contributed by atoms with Crippen molar-refractivity contribution in [1.82, 2.24) is 5.32 Å². The summed E-state index contributed by atoms with van der Waals surface area (Å²) < 4.78 is 9.80. The normalized spacial score (nSPS) is 16.8. The Kier molecular flexibility index (Phi) is 4.96. The van der Waals surface area contributed by atoms with Crippen LogP contribution in [0.1, 0.15) is 20.8 Å². The van der Waals surface area contributed by atoms with E-state index in [2.05, 4.69) is 15.4 Å². The molecule has 2 N–H and O–H groups in total. The fourth-order valence-corrected chi connectivity index (χ4v) is 2.20. The van der Waals surface area contributed by atoms with Crippen molar-refractivity contribution in [3.8, 4) is 0 Å². The first-order valence-electron chi connectivity index (χ1n) is 7.44. The van der Waals surface area contributed by atoms with E-state index in [4.69, 9.17) is 4.74 Å². The molecule has 1 aromatic carbocycles. The molecule has 1 atom stereocenters. The zero-order chi connectivity index (χ0) is 17.9. The lowest BCUT2D eigenvalue weighted by molar-refractivity contribution is -0.140. The zero-order valence-electron chi connectivity index (χ0n) is 14.1. The highest BCUT2D eigenvalue weighted by atomic mass is 16.6. The van der Waals surface area contributed by atoms with E-state index in [-0.39, 0.29) is 6.54 Å². The Bertz CT molecular complexity index is 653. The van der Waals surface area contributed by atoms with Crippen LogP contribution in [0, 0.1) is 0 Å². The van der Waals surface area contributed by atoms with Gasteiger partial charge in [0.2, 0.25) is 0 Å². The van der Waals surface area contributed by atoms with Crippen LogP contribution in [-0.2, 0) is 19.1 Å². The average molecular weight is 335 g/mol. The number of hydrogen-bond acceptors (Lipinski definition) is 6. The molecule has 0 radical (unpaired) electrons. The Morgan fingerprint density at radius 3 is 2.58 bits per heavy atom. The van der Waals surface area contributed by atoms with Gasteiger partial charge >= 0.3 is 12.1 Å². The van der Waals surface area contributed by atoms with Crippen molar-refractivity contribution in [2.45, 2.75) is 32.5 Å². The molecule has 1 heterocycles. The van der Waals surface area contributed by atoms with E-state index in [1.165, 1.54) is 12.0 Å². The van der Waals surface area contributed by atoms with Crippen LogP contribution in [-0.4, -0.2) is 43.4 Å². The lowest BCUT2D eigenvalue weighted by atomic mass is 10.1. The number of alkyl carbamates (subject to hydrolysis) is 1. The number of para-hydroxylation sites is 2. The van der Waals surface area contributed by atoms with Crippen LogP contribution in [0.4, 0.5) is 16.2 Å². The molecule has 2 rings (SSSR count). The molecular weight excluding hydrogens is 314 g/mol. The van der Waals surface area contributed by atoms with Gasteiger partial charge in [-0.15, -0.1) is 0 Å². The number of hydrogen-bond donors (Lipinski definition) is 2. The van der Waals surface area contributed by atoms with E-state index < -0.39 is 29.7 Å². The lowest BCUT2D eigenvalue weighted by Gasteiger charge is -2.35. The Morgan fingerprint density at radius 2 is 1.96 bits per heavy atom. The first-order valence-corrected chi connectivity index (χ1v) is 7.44. The molecule has 8 heteroatoms. The maximum absolute atomic E-state index is 12.6. The summed E-state index contributed by atoms with van der Waals surface area (Å²) in [6, 6.07) is 6.98. The molecule has 0 spiro atoms. The summed E-state index contributed by atoms with van der Waals surface area (Å²) in [5.74, 6) is -1.04. The average Bonchev–Trinajstić information content (AvgIpc) is 2.49. The van der Waals surface area contributed by atoms with Gasteiger partial charge in [0, 0.05) is 0 Å².